The van der Waals surface area contributed by atoms with Gasteiger partial charge in [0.15, 0.2) is 5.13 Å². The Morgan fingerprint density at radius 1 is 0.630 bits per heavy atom. The van der Waals surface area contributed by atoms with Crippen molar-refractivity contribution in [1.29, 1.82) is 0 Å². The van der Waals surface area contributed by atoms with Gasteiger partial charge in [-0.3, -0.25) is 23.4 Å². The van der Waals surface area contributed by atoms with Crippen molar-refractivity contribution in [3.63, 3.8) is 0 Å². The normalized spacial score (nSPS) is 16.1. The minimum atomic E-state index is -5.23. The second-order valence-electron chi connectivity index (χ2n) is 20.3. The van der Waals surface area contributed by atoms with E-state index in [9.17, 15) is 74.7 Å². The maximum absolute atomic E-state index is 15.0. The number of fused-ring (bicyclic) bond motifs is 2. The third-order valence-electron chi connectivity index (χ3n) is 13.8. The molecule has 4 atom stereocenters. The summed E-state index contributed by atoms with van der Waals surface area (Å²) in [6.45, 7) is 5.56. The molecule has 11 rings (SSSR count). The van der Waals surface area contributed by atoms with E-state index in [1.54, 1.807) is 13.8 Å². The molecule has 4 heterocycles. The Morgan fingerprint density at radius 3 is 1.40 bits per heavy atom. The SMILES string of the molecule is C.CCC(C)(C)O.COc1cc([C@@H]2C[C@H]2C(F)(F)F)c(F)cc1-n1c(=O)ccc2cc(S(=O)(=O)Nc3ncns3)ccc21.COc1cc([C@@H]2C[C@H]2C(F)(F)F)c(F)cc1-n1c(=O)ccc2cc(S(=O)(=O)Oc3c(F)c(F)c(F)c(F)c3F)ccc21.Nc1ncns1.[Na+]. The zero-order valence-corrected chi connectivity index (χ0v) is 52.9. The van der Waals surface area contributed by atoms with Crippen molar-refractivity contribution >= 4 is 75.3 Å². The molecule has 2 saturated carbocycles. The molecule has 0 spiro atoms. The van der Waals surface area contributed by atoms with Crippen LogP contribution in [0.3, 0.4) is 0 Å². The monoisotopic (exact) mass is 1390 g/mol. The van der Waals surface area contributed by atoms with Crippen molar-refractivity contribution in [2.75, 3.05) is 24.7 Å². The van der Waals surface area contributed by atoms with Crippen LogP contribution in [0.1, 0.15) is 70.4 Å². The molecule has 2 fully saturated rings. The number of sulfonamides is 1. The molecule has 36 heteroatoms. The van der Waals surface area contributed by atoms with Gasteiger partial charge in [0.25, 0.3) is 21.1 Å². The summed E-state index contributed by atoms with van der Waals surface area (Å²) in [6, 6.07) is 15.1. The summed E-state index contributed by atoms with van der Waals surface area (Å²) in [4.78, 5) is 32.1. The number of hydrogen-bond acceptors (Lipinski definition) is 17. The van der Waals surface area contributed by atoms with Crippen molar-refractivity contribution in [2.45, 2.75) is 87.0 Å². The molecule has 2 aliphatic rings. The number of anilines is 2. The molecule has 488 valence electrons. The maximum atomic E-state index is 15.0. The second kappa shape index (κ2) is 28.4. The molecule has 0 saturated heterocycles. The van der Waals surface area contributed by atoms with E-state index in [4.69, 9.17) is 20.3 Å². The molecule has 0 radical (unpaired) electrons. The fraction of sp³-hybridized carbons (Fsp3) is 0.286. The fourth-order valence-corrected chi connectivity index (χ4v) is 11.8. The molecular formula is C56H49F13N8NaO10S4+. The van der Waals surface area contributed by atoms with Gasteiger partial charge in [-0.2, -0.15) is 52.3 Å². The molecule has 0 unspecified atom stereocenters. The van der Waals surface area contributed by atoms with Crippen LogP contribution in [0.15, 0.2) is 117 Å². The van der Waals surface area contributed by atoms with Gasteiger partial charge in [0.1, 0.15) is 40.7 Å². The van der Waals surface area contributed by atoms with Crippen LogP contribution in [0.2, 0.25) is 0 Å². The Balaban J connectivity index is 0.000000244. The molecule has 0 aliphatic heterocycles. The van der Waals surface area contributed by atoms with Gasteiger partial charge in [0.2, 0.25) is 40.0 Å². The number of nitrogens with zero attached hydrogens (tertiary/aromatic N) is 6. The molecule has 4 aromatic heterocycles. The average molecular weight is 1390 g/mol. The molecule has 4 N–H and O–H groups in total. The van der Waals surface area contributed by atoms with E-state index in [0.717, 1.165) is 82.7 Å². The zero-order valence-electron chi connectivity index (χ0n) is 47.6. The molecular weight excluding hydrogens is 1340 g/mol. The van der Waals surface area contributed by atoms with E-state index < -0.39 is 124 Å². The number of rotatable bonds is 13. The molecule has 5 aromatic carbocycles. The Bertz CT molecular complexity index is 4510. The molecule has 0 amide bonds. The number of alkyl halides is 6. The van der Waals surface area contributed by atoms with Crippen LogP contribution in [0.4, 0.5) is 67.3 Å². The number of pyridine rings is 2. The molecule has 18 nitrogen and oxygen atoms in total. The fourth-order valence-electron chi connectivity index (χ4n) is 8.82. The first-order valence-corrected chi connectivity index (χ1v) is 30.2. The largest absolute Gasteiger partial charge is 1.00 e. The first-order chi connectivity index (χ1) is 42.0. The summed E-state index contributed by atoms with van der Waals surface area (Å²) in [6.07, 6.45) is -6.06. The van der Waals surface area contributed by atoms with E-state index in [1.165, 1.54) is 67.7 Å². The average Bonchev–Trinajstić information content (AvgIpc) is 1.05. The molecule has 0 bridgehead atoms. The van der Waals surface area contributed by atoms with E-state index in [1.807, 2.05) is 6.92 Å². The van der Waals surface area contributed by atoms with Crippen LogP contribution in [0.5, 0.6) is 17.2 Å². The van der Waals surface area contributed by atoms with Crippen LogP contribution in [0, 0.1) is 52.6 Å². The number of ether oxygens (including phenoxy) is 2. The van der Waals surface area contributed by atoms with E-state index >= 15 is 8.78 Å². The number of benzene rings is 5. The van der Waals surface area contributed by atoms with Crippen LogP contribution >= 0.6 is 23.1 Å². The third kappa shape index (κ3) is 16.3. The second-order valence-corrected chi connectivity index (χ2v) is 25.1. The number of nitrogen functional groups attached to an aromatic ring is 1. The van der Waals surface area contributed by atoms with Crippen LogP contribution < -0.4 is 64.8 Å². The summed E-state index contributed by atoms with van der Waals surface area (Å²) in [5.41, 5.74) is 2.78. The topological polar surface area (TPSA) is 250 Å². The van der Waals surface area contributed by atoms with Gasteiger partial charge < -0.3 is 24.5 Å². The summed E-state index contributed by atoms with van der Waals surface area (Å²) in [7, 11) is -6.85. The first kappa shape index (κ1) is 73.6. The van der Waals surface area contributed by atoms with Crippen molar-refractivity contribution in [2.24, 2.45) is 11.8 Å². The predicted octanol–water partition coefficient (Wildman–Crippen LogP) is 9.65. The summed E-state index contributed by atoms with van der Waals surface area (Å²) >= 11 is 2.05. The quantitative estimate of drug-likeness (QED) is 0.0319. The molecule has 92 heavy (non-hydrogen) atoms. The molecule has 9 aromatic rings. The predicted molar refractivity (Wildman–Crippen MR) is 308 cm³/mol. The number of nitrogens with one attached hydrogen (secondary N) is 1. The Morgan fingerprint density at radius 2 is 1.04 bits per heavy atom. The Labute approximate surface area is 544 Å². The zero-order chi connectivity index (χ0) is 66.3. The number of aromatic nitrogens is 6. The van der Waals surface area contributed by atoms with Crippen molar-refractivity contribution in [1.82, 2.24) is 27.8 Å². The van der Waals surface area contributed by atoms with Gasteiger partial charge in [0, 0.05) is 58.1 Å². The standard InChI is InChI=1S/C26H14F9NO5S.C22H16F4N4O4S2.C5H12O.C2H3N3S.CH4.Na/c1-40-18-8-13(12-7-14(12)26(33,34)35)15(27)9-17(18)36-16-4-3-11(6-10(16)2-5-19(36)37)42(38,39)41-25-23(31)21(29)20(28)22(30)24(25)32;1-34-19-8-14(13-7-15(13)22(24,25)26)16(23)9-18(19)30-17-4-3-12(6-11(17)2-5-20(30)31)36(32,33)29-21-27-10-28-35-21;1-4-5(2,3)6;3-2-4-1-5-6-2;;/h2-6,8-9,12,14H,7H2,1H3;2-6,8-10,13,15H,7H2,1H3,(H,27,28,29);6H,4H2,1-3H3;1H,(H2,3,4,5);1H4;/q;;;;;+1/t12-,14+;13-,15+;;;;/m00..../s1. The van der Waals surface area contributed by atoms with Gasteiger partial charge >= 0.3 is 52.0 Å². The van der Waals surface area contributed by atoms with Crippen LogP contribution in [0.25, 0.3) is 33.2 Å². The Kier molecular flexibility index (Phi) is 22.8. The smallest absolute Gasteiger partial charge is 0.495 e. The number of halogens is 13. The van der Waals surface area contributed by atoms with Gasteiger partial charge in [-0.15, -0.1) is 0 Å². The third-order valence-corrected chi connectivity index (χ3v) is 17.6. The molecule has 2 aliphatic carbocycles. The number of hydrogen-bond donors (Lipinski definition) is 3. The van der Waals surface area contributed by atoms with Crippen molar-refractivity contribution in [3.8, 4) is 28.6 Å². The number of aliphatic hydroxyl groups is 1. The van der Waals surface area contributed by atoms with Crippen LogP contribution in [-0.2, 0) is 20.1 Å². The van der Waals surface area contributed by atoms with E-state index in [0.29, 0.717) is 10.5 Å². The van der Waals surface area contributed by atoms with E-state index in [2.05, 4.69) is 27.6 Å². The number of nitrogens with two attached hydrogens (primary N) is 1. The minimum Gasteiger partial charge on any atom is -0.495 e. The van der Waals surface area contributed by atoms with Crippen LogP contribution in [-0.4, -0.2) is 82.0 Å². The van der Waals surface area contributed by atoms with E-state index in [-0.39, 0.29) is 110 Å². The van der Waals surface area contributed by atoms with Gasteiger partial charge in [0.05, 0.1) is 59.0 Å². The van der Waals surface area contributed by atoms with Crippen molar-refractivity contribution in [3.05, 3.63) is 170 Å². The summed E-state index contributed by atoms with van der Waals surface area (Å²) in [5, 5.41) is 9.69. The first-order valence-electron chi connectivity index (χ1n) is 25.7. The number of methoxy groups -OCH3 is 2. The van der Waals surface area contributed by atoms with Gasteiger partial charge in [-0.1, -0.05) is 14.4 Å². The summed E-state index contributed by atoms with van der Waals surface area (Å²) in [5.74, 6) is -22.2. The summed E-state index contributed by atoms with van der Waals surface area (Å²) < 4.78 is 254. The van der Waals surface area contributed by atoms with Gasteiger partial charge in [-0.05, 0) is 117 Å². The van der Waals surface area contributed by atoms with Crippen molar-refractivity contribution < 1.29 is 122 Å². The minimum absolute atomic E-state index is 0. The maximum Gasteiger partial charge on any atom is 1.00 e. The Hall–Kier alpha value is -7.41. The van der Waals surface area contributed by atoms with Gasteiger partial charge in [-0.25, -0.2) is 40.3 Å².